The Morgan fingerprint density at radius 1 is 1.35 bits per heavy atom. The Morgan fingerprint density at radius 2 is 2.20 bits per heavy atom. The Morgan fingerprint density at radius 3 is 3.05 bits per heavy atom. The number of rotatable bonds is 5. The molecule has 0 aromatic carbocycles. The molecule has 0 aliphatic carbocycles. The van der Waals surface area contributed by atoms with Gasteiger partial charge < -0.3 is 15.0 Å². The van der Waals surface area contributed by atoms with Crippen LogP contribution < -0.4 is 5.32 Å². The number of imidazole rings is 1. The average Bonchev–Trinajstić information content (AvgIpc) is 2.95. The van der Waals surface area contributed by atoms with E-state index < -0.39 is 0 Å². The van der Waals surface area contributed by atoms with Crippen molar-refractivity contribution in [3.63, 3.8) is 0 Å². The Bertz CT molecular complexity index is 551. The van der Waals surface area contributed by atoms with Gasteiger partial charge in [-0.3, -0.25) is 4.90 Å². The SMILES string of the molecule is CC(CNc1ncnc2nc[nH]c12)CN1CCOCC1. The Kier molecular flexibility index (Phi) is 4.08. The molecule has 0 bridgehead atoms. The van der Waals surface area contributed by atoms with Gasteiger partial charge in [-0.1, -0.05) is 6.92 Å². The van der Waals surface area contributed by atoms with Gasteiger partial charge in [0.15, 0.2) is 11.5 Å². The lowest BCUT2D eigenvalue weighted by Gasteiger charge is -2.29. The zero-order valence-corrected chi connectivity index (χ0v) is 11.7. The van der Waals surface area contributed by atoms with Crippen molar-refractivity contribution in [1.29, 1.82) is 0 Å². The van der Waals surface area contributed by atoms with Crippen molar-refractivity contribution in [3.05, 3.63) is 12.7 Å². The summed E-state index contributed by atoms with van der Waals surface area (Å²) in [4.78, 5) is 18.0. The number of hydrogen-bond donors (Lipinski definition) is 2. The first-order valence-corrected chi connectivity index (χ1v) is 7.01. The van der Waals surface area contributed by atoms with E-state index in [0.717, 1.165) is 50.7 Å². The minimum Gasteiger partial charge on any atom is -0.379 e. The van der Waals surface area contributed by atoms with Gasteiger partial charge in [0.05, 0.1) is 19.5 Å². The normalized spacial score (nSPS) is 18.2. The highest BCUT2D eigenvalue weighted by molar-refractivity contribution is 5.81. The summed E-state index contributed by atoms with van der Waals surface area (Å²) in [5.74, 6) is 1.36. The van der Waals surface area contributed by atoms with E-state index in [1.807, 2.05) is 0 Å². The summed E-state index contributed by atoms with van der Waals surface area (Å²) < 4.78 is 5.36. The van der Waals surface area contributed by atoms with E-state index in [2.05, 4.69) is 37.1 Å². The minimum atomic E-state index is 0.543. The van der Waals surface area contributed by atoms with Crippen LogP contribution in [-0.4, -0.2) is 64.2 Å². The van der Waals surface area contributed by atoms with Gasteiger partial charge in [0.2, 0.25) is 0 Å². The van der Waals surface area contributed by atoms with Crippen LogP contribution in [0.25, 0.3) is 11.2 Å². The zero-order valence-electron chi connectivity index (χ0n) is 11.7. The maximum absolute atomic E-state index is 5.36. The van der Waals surface area contributed by atoms with Crippen LogP contribution in [0.4, 0.5) is 5.82 Å². The Hall–Kier alpha value is -1.73. The van der Waals surface area contributed by atoms with E-state index in [9.17, 15) is 0 Å². The van der Waals surface area contributed by atoms with Crippen LogP contribution in [0, 0.1) is 5.92 Å². The first-order valence-electron chi connectivity index (χ1n) is 7.01. The third kappa shape index (κ3) is 3.05. The topological polar surface area (TPSA) is 79.0 Å². The largest absolute Gasteiger partial charge is 0.379 e. The molecule has 1 aliphatic heterocycles. The zero-order chi connectivity index (χ0) is 13.8. The van der Waals surface area contributed by atoms with E-state index in [0.29, 0.717) is 11.6 Å². The average molecular weight is 276 g/mol. The van der Waals surface area contributed by atoms with E-state index in [1.165, 1.54) is 6.33 Å². The fraction of sp³-hybridized carbons (Fsp3) is 0.615. The highest BCUT2D eigenvalue weighted by Gasteiger charge is 2.14. The van der Waals surface area contributed by atoms with Crippen molar-refractivity contribution in [2.75, 3.05) is 44.7 Å². The monoisotopic (exact) mass is 276 g/mol. The van der Waals surface area contributed by atoms with Gasteiger partial charge in [-0.25, -0.2) is 15.0 Å². The van der Waals surface area contributed by atoms with Gasteiger partial charge in [-0.15, -0.1) is 0 Å². The van der Waals surface area contributed by atoms with E-state index in [-0.39, 0.29) is 0 Å². The molecule has 1 saturated heterocycles. The molecule has 0 spiro atoms. The second-order valence-electron chi connectivity index (χ2n) is 5.22. The standard InChI is InChI=1S/C13H20N6O/c1-10(7-19-2-4-20-5-3-19)6-14-12-11-13(16-8-15-11)18-9-17-12/h8-10H,2-7H2,1H3,(H2,14,15,16,17,18). The summed E-state index contributed by atoms with van der Waals surface area (Å²) >= 11 is 0. The minimum absolute atomic E-state index is 0.543. The van der Waals surface area contributed by atoms with Gasteiger partial charge >= 0.3 is 0 Å². The summed E-state index contributed by atoms with van der Waals surface area (Å²) in [5.41, 5.74) is 1.56. The summed E-state index contributed by atoms with van der Waals surface area (Å²) in [6.45, 7) is 7.96. The van der Waals surface area contributed by atoms with E-state index >= 15 is 0 Å². The molecule has 20 heavy (non-hydrogen) atoms. The number of morpholine rings is 1. The number of nitrogens with one attached hydrogen (secondary N) is 2. The molecule has 3 rings (SSSR count). The lowest BCUT2D eigenvalue weighted by Crippen LogP contribution is -2.40. The number of H-pyrrole nitrogens is 1. The predicted octanol–water partition coefficient (Wildman–Crippen LogP) is 0.733. The number of nitrogens with zero attached hydrogens (tertiary/aromatic N) is 4. The number of anilines is 1. The first-order chi connectivity index (χ1) is 9.83. The molecule has 1 atom stereocenters. The van der Waals surface area contributed by atoms with Crippen LogP contribution in [0.2, 0.25) is 0 Å². The molecule has 2 N–H and O–H groups in total. The van der Waals surface area contributed by atoms with Gasteiger partial charge in [0.1, 0.15) is 11.8 Å². The highest BCUT2D eigenvalue weighted by atomic mass is 16.5. The molecule has 7 heteroatoms. The van der Waals surface area contributed by atoms with Gasteiger partial charge in [-0.2, -0.15) is 0 Å². The summed E-state index contributed by atoms with van der Waals surface area (Å²) in [6, 6.07) is 0. The molecule has 7 nitrogen and oxygen atoms in total. The predicted molar refractivity (Wildman–Crippen MR) is 76.6 cm³/mol. The van der Waals surface area contributed by atoms with Crippen molar-refractivity contribution >= 4 is 17.0 Å². The lowest BCUT2D eigenvalue weighted by molar-refractivity contribution is 0.0325. The summed E-state index contributed by atoms with van der Waals surface area (Å²) in [5, 5.41) is 3.38. The maximum Gasteiger partial charge on any atom is 0.182 e. The quantitative estimate of drug-likeness (QED) is 0.838. The molecule has 0 saturated carbocycles. The highest BCUT2D eigenvalue weighted by Crippen LogP contribution is 2.15. The van der Waals surface area contributed by atoms with E-state index in [1.54, 1.807) is 6.33 Å². The van der Waals surface area contributed by atoms with Gasteiger partial charge in [-0.05, 0) is 5.92 Å². The van der Waals surface area contributed by atoms with Crippen LogP contribution in [0.1, 0.15) is 6.92 Å². The molecule has 2 aromatic heterocycles. The maximum atomic E-state index is 5.36. The van der Waals surface area contributed by atoms with Crippen molar-refractivity contribution in [2.24, 2.45) is 5.92 Å². The van der Waals surface area contributed by atoms with Crippen LogP contribution in [0.15, 0.2) is 12.7 Å². The molecule has 0 amide bonds. The van der Waals surface area contributed by atoms with Crippen LogP contribution >= 0.6 is 0 Å². The number of hydrogen-bond acceptors (Lipinski definition) is 6. The molecule has 1 aliphatic rings. The van der Waals surface area contributed by atoms with E-state index in [4.69, 9.17) is 4.74 Å². The number of aromatic nitrogens is 4. The Labute approximate surface area is 117 Å². The summed E-state index contributed by atoms with van der Waals surface area (Å²) in [6.07, 6.45) is 3.18. The third-order valence-corrected chi connectivity index (χ3v) is 3.51. The van der Waals surface area contributed by atoms with Crippen molar-refractivity contribution in [2.45, 2.75) is 6.92 Å². The third-order valence-electron chi connectivity index (χ3n) is 3.51. The molecule has 1 fully saturated rings. The number of aromatic amines is 1. The molecule has 0 radical (unpaired) electrons. The van der Waals surface area contributed by atoms with Gasteiger partial charge in [0, 0.05) is 26.2 Å². The molecule has 1 unspecified atom stereocenters. The van der Waals surface area contributed by atoms with Crippen molar-refractivity contribution < 1.29 is 4.74 Å². The molecular formula is C13H20N6O. The summed E-state index contributed by atoms with van der Waals surface area (Å²) in [7, 11) is 0. The second-order valence-corrected chi connectivity index (χ2v) is 5.22. The number of fused-ring (bicyclic) bond motifs is 1. The fourth-order valence-corrected chi connectivity index (χ4v) is 2.46. The second kappa shape index (κ2) is 6.15. The van der Waals surface area contributed by atoms with Crippen LogP contribution in [0.3, 0.4) is 0 Å². The lowest BCUT2D eigenvalue weighted by atomic mass is 10.1. The smallest absolute Gasteiger partial charge is 0.182 e. The Balaban J connectivity index is 1.54. The number of ether oxygens (including phenoxy) is 1. The first kappa shape index (κ1) is 13.3. The molecule has 108 valence electrons. The van der Waals surface area contributed by atoms with Crippen molar-refractivity contribution in [3.8, 4) is 0 Å². The van der Waals surface area contributed by atoms with Crippen molar-refractivity contribution in [1.82, 2.24) is 24.8 Å². The fourth-order valence-electron chi connectivity index (χ4n) is 2.46. The van der Waals surface area contributed by atoms with Crippen LogP contribution in [0.5, 0.6) is 0 Å². The molecule has 3 heterocycles. The molecule has 2 aromatic rings. The van der Waals surface area contributed by atoms with Crippen LogP contribution in [-0.2, 0) is 4.74 Å². The molecular weight excluding hydrogens is 256 g/mol. The van der Waals surface area contributed by atoms with Gasteiger partial charge in [0.25, 0.3) is 0 Å².